The molecule has 132 valence electrons. The fourth-order valence-corrected chi connectivity index (χ4v) is 2.22. The molecule has 0 unspecified atom stereocenters. The number of rotatable bonds is 6. The second kappa shape index (κ2) is 9.25. The standard InChI is InChI=1S/C19H15ClN2O4/c1-25-17-8-7-15(10-16(17)20)22-18(23)12-26-19(24)9-6-13-2-4-14(11-21)5-3-13/h2-10H,12H2,1H3,(H,22,23)/b9-6+. The van der Waals surface area contributed by atoms with Gasteiger partial charge in [0.2, 0.25) is 0 Å². The number of carbonyl (C=O) groups excluding carboxylic acids is 2. The Bertz CT molecular complexity index is 870. The number of nitriles is 1. The molecule has 0 atom stereocenters. The molecule has 0 fully saturated rings. The van der Waals surface area contributed by atoms with Gasteiger partial charge >= 0.3 is 5.97 Å². The summed E-state index contributed by atoms with van der Waals surface area (Å²) >= 11 is 5.97. The number of benzene rings is 2. The molecule has 0 saturated heterocycles. The van der Waals surface area contributed by atoms with E-state index in [9.17, 15) is 9.59 Å². The smallest absolute Gasteiger partial charge is 0.331 e. The Morgan fingerprint density at radius 1 is 1.23 bits per heavy atom. The molecule has 2 rings (SSSR count). The van der Waals surface area contributed by atoms with Gasteiger partial charge in [-0.05, 0) is 42.0 Å². The van der Waals surface area contributed by atoms with Crippen LogP contribution in [0.2, 0.25) is 5.02 Å². The Labute approximate surface area is 155 Å². The topological polar surface area (TPSA) is 88.4 Å². The zero-order chi connectivity index (χ0) is 18.9. The third kappa shape index (κ3) is 5.65. The van der Waals surface area contributed by atoms with Crippen LogP contribution < -0.4 is 10.1 Å². The Balaban J connectivity index is 1.82. The maximum absolute atomic E-state index is 11.8. The van der Waals surface area contributed by atoms with Gasteiger partial charge in [0, 0.05) is 11.8 Å². The van der Waals surface area contributed by atoms with E-state index in [1.807, 2.05) is 6.07 Å². The van der Waals surface area contributed by atoms with Gasteiger partial charge in [0.1, 0.15) is 5.75 Å². The van der Waals surface area contributed by atoms with Crippen LogP contribution in [-0.2, 0) is 14.3 Å². The van der Waals surface area contributed by atoms with Gasteiger partial charge in [0.05, 0.1) is 23.8 Å². The van der Waals surface area contributed by atoms with E-state index in [2.05, 4.69) is 5.32 Å². The number of ether oxygens (including phenoxy) is 2. The number of nitrogens with zero attached hydrogens (tertiary/aromatic N) is 1. The summed E-state index contributed by atoms with van der Waals surface area (Å²) in [5.41, 5.74) is 1.73. The second-order valence-electron chi connectivity index (χ2n) is 5.07. The van der Waals surface area contributed by atoms with Crippen LogP contribution >= 0.6 is 11.6 Å². The SMILES string of the molecule is COc1ccc(NC(=O)COC(=O)/C=C/c2ccc(C#N)cc2)cc1Cl. The molecule has 0 aliphatic heterocycles. The lowest BCUT2D eigenvalue weighted by molar-refractivity contribution is -0.142. The van der Waals surface area contributed by atoms with Gasteiger partial charge in [0.15, 0.2) is 6.61 Å². The van der Waals surface area contributed by atoms with Crippen LogP contribution in [-0.4, -0.2) is 25.6 Å². The third-order valence-corrected chi connectivity index (χ3v) is 3.53. The normalized spacial score (nSPS) is 10.2. The predicted octanol–water partition coefficient (Wildman–Crippen LogP) is 3.42. The van der Waals surface area contributed by atoms with Crippen molar-refractivity contribution in [2.75, 3.05) is 19.0 Å². The molecule has 0 heterocycles. The number of esters is 1. The number of amides is 1. The lowest BCUT2D eigenvalue weighted by Crippen LogP contribution is -2.20. The van der Waals surface area contributed by atoms with E-state index in [4.69, 9.17) is 26.3 Å². The van der Waals surface area contributed by atoms with Gasteiger partial charge in [-0.2, -0.15) is 5.26 Å². The fraction of sp³-hybridized carbons (Fsp3) is 0.105. The molecule has 1 N–H and O–H groups in total. The van der Waals surface area contributed by atoms with Crippen molar-refractivity contribution in [3.63, 3.8) is 0 Å². The average molecular weight is 371 g/mol. The number of methoxy groups -OCH3 is 1. The second-order valence-corrected chi connectivity index (χ2v) is 5.48. The van der Waals surface area contributed by atoms with Crippen LogP contribution in [0.15, 0.2) is 48.5 Å². The summed E-state index contributed by atoms with van der Waals surface area (Å²) in [6.45, 7) is -0.430. The Kier molecular flexibility index (Phi) is 6.77. The van der Waals surface area contributed by atoms with Crippen LogP contribution in [0.3, 0.4) is 0 Å². The third-order valence-electron chi connectivity index (χ3n) is 3.23. The van der Waals surface area contributed by atoms with Crippen LogP contribution in [0.5, 0.6) is 5.75 Å². The van der Waals surface area contributed by atoms with Gasteiger partial charge < -0.3 is 14.8 Å². The summed E-state index contributed by atoms with van der Waals surface area (Å²) in [7, 11) is 1.49. The highest BCUT2D eigenvalue weighted by Crippen LogP contribution is 2.27. The number of anilines is 1. The van der Waals surface area contributed by atoms with Gasteiger partial charge in [0.25, 0.3) is 5.91 Å². The summed E-state index contributed by atoms with van der Waals surface area (Å²) in [5.74, 6) is -0.660. The molecule has 2 aromatic carbocycles. The molecule has 0 aliphatic carbocycles. The van der Waals surface area contributed by atoms with Crippen molar-refractivity contribution in [2.45, 2.75) is 0 Å². The molecule has 1 amide bonds. The lowest BCUT2D eigenvalue weighted by atomic mass is 10.1. The van der Waals surface area contributed by atoms with E-state index < -0.39 is 18.5 Å². The molecule has 0 spiro atoms. The van der Waals surface area contributed by atoms with Crippen LogP contribution in [0.25, 0.3) is 6.08 Å². The first kappa shape index (κ1) is 19.0. The van der Waals surface area contributed by atoms with Crippen molar-refractivity contribution in [3.8, 4) is 11.8 Å². The lowest BCUT2D eigenvalue weighted by Gasteiger charge is -2.08. The summed E-state index contributed by atoms with van der Waals surface area (Å²) in [6.07, 6.45) is 2.74. The van der Waals surface area contributed by atoms with Crippen molar-refractivity contribution in [2.24, 2.45) is 0 Å². The minimum Gasteiger partial charge on any atom is -0.495 e. The van der Waals surface area contributed by atoms with E-state index in [0.29, 0.717) is 22.0 Å². The first-order valence-electron chi connectivity index (χ1n) is 7.50. The van der Waals surface area contributed by atoms with Crippen molar-refractivity contribution < 1.29 is 19.1 Å². The first-order chi connectivity index (χ1) is 12.5. The quantitative estimate of drug-likeness (QED) is 0.621. The number of hydrogen-bond donors (Lipinski definition) is 1. The van der Waals surface area contributed by atoms with E-state index in [1.165, 1.54) is 25.3 Å². The summed E-state index contributed by atoms with van der Waals surface area (Å²) in [6, 6.07) is 13.4. The summed E-state index contributed by atoms with van der Waals surface area (Å²) in [5, 5.41) is 11.6. The highest BCUT2D eigenvalue weighted by Gasteiger charge is 2.08. The number of halogens is 1. The number of carbonyl (C=O) groups is 2. The van der Waals surface area contributed by atoms with Crippen molar-refractivity contribution in [1.29, 1.82) is 5.26 Å². The zero-order valence-electron chi connectivity index (χ0n) is 13.9. The molecule has 2 aromatic rings. The molecule has 6 nitrogen and oxygen atoms in total. The maximum atomic E-state index is 11.8. The summed E-state index contributed by atoms with van der Waals surface area (Å²) < 4.78 is 9.89. The highest BCUT2D eigenvalue weighted by atomic mass is 35.5. The monoisotopic (exact) mass is 370 g/mol. The molecule has 0 saturated carbocycles. The molecular formula is C19H15ClN2O4. The molecule has 26 heavy (non-hydrogen) atoms. The van der Waals surface area contributed by atoms with Crippen LogP contribution in [0.4, 0.5) is 5.69 Å². The molecule has 7 heteroatoms. The Morgan fingerprint density at radius 2 is 1.96 bits per heavy atom. The molecule has 0 radical (unpaired) electrons. The van der Waals surface area contributed by atoms with E-state index in [1.54, 1.807) is 36.4 Å². The van der Waals surface area contributed by atoms with Crippen molar-refractivity contribution in [3.05, 3.63) is 64.7 Å². The summed E-state index contributed by atoms with van der Waals surface area (Å²) in [4.78, 5) is 23.5. The first-order valence-corrected chi connectivity index (χ1v) is 7.88. The largest absolute Gasteiger partial charge is 0.495 e. The van der Waals surface area contributed by atoms with Gasteiger partial charge in [-0.25, -0.2) is 4.79 Å². The van der Waals surface area contributed by atoms with Crippen molar-refractivity contribution >= 4 is 35.2 Å². The molecular weight excluding hydrogens is 356 g/mol. The van der Waals surface area contributed by atoms with E-state index in [0.717, 1.165) is 5.56 Å². The maximum Gasteiger partial charge on any atom is 0.331 e. The predicted molar refractivity (Wildman–Crippen MR) is 97.8 cm³/mol. The zero-order valence-corrected chi connectivity index (χ0v) is 14.6. The number of hydrogen-bond acceptors (Lipinski definition) is 5. The molecule has 0 aliphatic rings. The van der Waals surface area contributed by atoms with Gasteiger partial charge in [-0.3, -0.25) is 4.79 Å². The minimum atomic E-state index is -0.655. The molecule has 0 bridgehead atoms. The number of nitrogens with one attached hydrogen (secondary N) is 1. The van der Waals surface area contributed by atoms with Crippen LogP contribution in [0, 0.1) is 11.3 Å². The van der Waals surface area contributed by atoms with E-state index >= 15 is 0 Å². The molecule has 0 aromatic heterocycles. The fourth-order valence-electron chi connectivity index (χ4n) is 1.96. The Morgan fingerprint density at radius 3 is 2.58 bits per heavy atom. The van der Waals surface area contributed by atoms with Gasteiger partial charge in [-0.1, -0.05) is 23.7 Å². The van der Waals surface area contributed by atoms with Gasteiger partial charge in [-0.15, -0.1) is 0 Å². The van der Waals surface area contributed by atoms with Crippen molar-refractivity contribution in [1.82, 2.24) is 0 Å². The highest BCUT2D eigenvalue weighted by molar-refractivity contribution is 6.32. The van der Waals surface area contributed by atoms with Crippen LogP contribution in [0.1, 0.15) is 11.1 Å². The average Bonchev–Trinajstić information content (AvgIpc) is 2.65. The van der Waals surface area contributed by atoms with E-state index in [-0.39, 0.29) is 0 Å². The minimum absolute atomic E-state index is 0.354. The Hall–Kier alpha value is -3.30.